The molecule has 2 aromatic carbocycles. The summed E-state index contributed by atoms with van der Waals surface area (Å²) in [5.74, 6) is 0.275. The second kappa shape index (κ2) is 7.98. The molecule has 0 aliphatic rings. The third-order valence-electron chi connectivity index (χ3n) is 4.53. The monoisotopic (exact) mass is 368 g/mol. The van der Waals surface area contributed by atoms with Crippen LogP contribution < -0.4 is 10.9 Å². The molecule has 5 nitrogen and oxygen atoms in total. The van der Waals surface area contributed by atoms with Crippen molar-refractivity contribution in [2.24, 2.45) is 0 Å². The molecule has 0 fully saturated rings. The molecule has 27 heavy (non-hydrogen) atoms. The molecule has 1 unspecified atom stereocenters. The Bertz CT molecular complexity index is 995. The van der Waals surface area contributed by atoms with Crippen LogP contribution in [0.4, 0.5) is 4.39 Å². The lowest BCUT2D eigenvalue weighted by atomic mass is 10.1. The number of hydrogen-bond donors (Lipinski definition) is 1. The maximum absolute atomic E-state index is 13.4. The zero-order valence-electron chi connectivity index (χ0n) is 16.2. The molecule has 1 N–H and O–H groups in total. The number of likely N-dealkylation sites (N-methyl/N-ethyl adjacent to an activating group) is 1. The van der Waals surface area contributed by atoms with Crippen LogP contribution in [-0.2, 0) is 0 Å². The highest BCUT2D eigenvalue weighted by atomic mass is 19.1. The maximum atomic E-state index is 13.4. The highest BCUT2D eigenvalue weighted by molar-refractivity contribution is 5.78. The molecule has 3 rings (SSSR count). The number of nitrogens with zero attached hydrogens (tertiary/aromatic N) is 3. The lowest BCUT2D eigenvalue weighted by Crippen LogP contribution is -2.33. The molecule has 0 aliphatic carbocycles. The molecular formula is C21H25FN4O. The second-order valence-electron chi connectivity index (χ2n) is 7.09. The molecule has 1 atom stereocenters. The highest BCUT2D eigenvalue weighted by Crippen LogP contribution is 2.19. The van der Waals surface area contributed by atoms with Crippen LogP contribution in [0.15, 0.2) is 47.3 Å². The molecule has 1 aromatic heterocycles. The van der Waals surface area contributed by atoms with E-state index in [1.54, 1.807) is 16.7 Å². The van der Waals surface area contributed by atoms with Crippen LogP contribution >= 0.6 is 0 Å². The zero-order valence-corrected chi connectivity index (χ0v) is 16.2. The summed E-state index contributed by atoms with van der Waals surface area (Å²) in [6.07, 6.45) is 0. The number of aryl methyl sites for hydroxylation is 1. The van der Waals surface area contributed by atoms with E-state index in [4.69, 9.17) is 4.98 Å². The number of halogens is 1. The first-order valence-electron chi connectivity index (χ1n) is 9.04. The Kier molecular flexibility index (Phi) is 5.68. The fourth-order valence-electron chi connectivity index (χ4n) is 3.04. The van der Waals surface area contributed by atoms with E-state index in [1.807, 2.05) is 46.1 Å². The quantitative estimate of drug-likeness (QED) is 0.727. The molecule has 0 spiro atoms. The standard InChI is InChI=1S/C21H25FN4O/c1-14-5-10-19-18(13-14)21(27)26(17-8-6-16(22)7-9-17)20(24-19)15(2)23-11-12-25(3)4/h5-10,13,15,23H,11-12H2,1-4H3. The molecule has 0 saturated heterocycles. The molecule has 6 heteroatoms. The Morgan fingerprint density at radius 2 is 1.89 bits per heavy atom. The van der Waals surface area contributed by atoms with Gasteiger partial charge in [-0.05, 0) is 64.3 Å². The van der Waals surface area contributed by atoms with Crippen molar-refractivity contribution in [1.29, 1.82) is 0 Å². The summed E-state index contributed by atoms with van der Waals surface area (Å²) in [5.41, 5.74) is 2.12. The van der Waals surface area contributed by atoms with Crippen molar-refractivity contribution < 1.29 is 4.39 Å². The van der Waals surface area contributed by atoms with Gasteiger partial charge in [0.2, 0.25) is 0 Å². The van der Waals surface area contributed by atoms with E-state index >= 15 is 0 Å². The second-order valence-corrected chi connectivity index (χ2v) is 7.09. The van der Waals surface area contributed by atoms with E-state index in [-0.39, 0.29) is 17.4 Å². The Morgan fingerprint density at radius 3 is 2.56 bits per heavy atom. The largest absolute Gasteiger partial charge is 0.308 e. The molecule has 142 valence electrons. The summed E-state index contributed by atoms with van der Waals surface area (Å²) in [7, 11) is 4.02. The van der Waals surface area contributed by atoms with Gasteiger partial charge in [-0.25, -0.2) is 9.37 Å². The summed E-state index contributed by atoms with van der Waals surface area (Å²) >= 11 is 0. The molecule has 0 amide bonds. The van der Waals surface area contributed by atoms with Crippen molar-refractivity contribution >= 4 is 10.9 Å². The minimum absolute atomic E-state index is 0.145. The van der Waals surface area contributed by atoms with Gasteiger partial charge in [0.1, 0.15) is 11.6 Å². The molecule has 3 aromatic rings. The van der Waals surface area contributed by atoms with E-state index in [2.05, 4.69) is 10.2 Å². The summed E-state index contributed by atoms with van der Waals surface area (Å²) in [6.45, 7) is 5.56. The fraction of sp³-hybridized carbons (Fsp3) is 0.333. The molecule has 0 aliphatic heterocycles. The van der Waals surface area contributed by atoms with Gasteiger partial charge in [-0.2, -0.15) is 0 Å². The Morgan fingerprint density at radius 1 is 1.19 bits per heavy atom. The summed E-state index contributed by atoms with van der Waals surface area (Å²) in [4.78, 5) is 20.1. The number of nitrogens with one attached hydrogen (secondary N) is 1. The normalized spacial score (nSPS) is 12.7. The van der Waals surface area contributed by atoms with E-state index in [1.165, 1.54) is 12.1 Å². The van der Waals surface area contributed by atoms with Gasteiger partial charge in [-0.15, -0.1) is 0 Å². The molecular weight excluding hydrogens is 343 g/mol. The van der Waals surface area contributed by atoms with E-state index < -0.39 is 0 Å². The topological polar surface area (TPSA) is 50.2 Å². The lowest BCUT2D eigenvalue weighted by Gasteiger charge is -2.20. The van der Waals surface area contributed by atoms with Gasteiger partial charge in [0.15, 0.2) is 0 Å². The van der Waals surface area contributed by atoms with Crippen molar-refractivity contribution in [2.45, 2.75) is 19.9 Å². The van der Waals surface area contributed by atoms with Gasteiger partial charge in [-0.3, -0.25) is 9.36 Å². The molecule has 1 heterocycles. The van der Waals surface area contributed by atoms with E-state index in [0.717, 1.165) is 18.7 Å². The van der Waals surface area contributed by atoms with Crippen LogP contribution in [0, 0.1) is 12.7 Å². The predicted molar refractivity (Wildman–Crippen MR) is 107 cm³/mol. The van der Waals surface area contributed by atoms with Gasteiger partial charge >= 0.3 is 0 Å². The Balaban J connectivity index is 2.15. The van der Waals surface area contributed by atoms with E-state index in [0.29, 0.717) is 22.4 Å². The van der Waals surface area contributed by atoms with Crippen molar-refractivity contribution in [2.75, 3.05) is 27.2 Å². The zero-order chi connectivity index (χ0) is 19.6. The number of rotatable bonds is 6. The van der Waals surface area contributed by atoms with Crippen LogP contribution in [0.1, 0.15) is 24.4 Å². The first-order chi connectivity index (χ1) is 12.9. The predicted octanol–water partition coefficient (Wildman–Crippen LogP) is 3.05. The van der Waals surface area contributed by atoms with Crippen molar-refractivity contribution in [3.8, 4) is 5.69 Å². The van der Waals surface area contributed by atoms with Gasteiger partial charge in [0.25, 0.3) is 5.56 Å². The maximum Gasteiger partial charge on any atom is 0.266 e. The van der Waals surface area contributed by atoms with E-state index in [9.17, 15) is 9.18 Å². The van der Waals surface area contributed by atoms with Crippen LogP contribution in [0.25, 0.3) is 16.6 Å². The van der Waals surface area contributed by atoms with Crippen molar-refractivity contribution in [3.05, 3.63) is 70.0 Å². The number of aromatic nitrogens is 2. The lowest BCUT2D eigenvalue weighted by molar-refractivity contribution is 0.385. The minimum Gasteiger partial charge on any atom is -0.308 e. The molecule has 0 saturated carbocycles. The molecule has 0 radical (unpaired) electrons. The van der Waals surface area contributed by atoms with Crippen LogP contribution in [0.5, 0.6) is 0 Å². The van der Waals surface area contributed by atoms with Gasteiger partial charge in [-0.1, -0.05) is 11.6 Å². The minimum atomic E-state index is -0.338. The third kappa shape index (κ3) is 4.23. The third-order valence-corrected chi connectivity index (χ3v) is 4.53. The smallest absolute Gasteiger partial charge is 0.266 e. The van der Waals surface area contributed by atoms with Crippen LogP contribution in [0.3, 0.4) is 0 Å². The highest BCUT2D eigenvalue weighted by Gasteiger charge is 2.18. The van der Waals surface area contributed by atoms with Gasteiger partial charge in [0.05, 0.1) is 22.6 Å². The number of benzene rings is 2. The number of fused-ring (bicyclic) bond motifs is 1. The molecule has 0 bridgehead atoms. The SMILES string of the molecule is Cc1ccc2nc(C(C)NCCN(C)C)n(-c3ccc(F)cc3)c(=O)c2c1. The Labute approximate surface area is 158 Å². The summed E-state index contributed by atoms with van der Waals surface area (Å²) in [5, 5.41) is 3.98. The van der Waals surface area contributed by atoms with Gasteiger partial charge in [0, 0.05) is 13.1 Å². The fourth-order valence-corrected chi connectivity index (χ4v) is 3.04. The summed E-state index contributed by atoms with van der Waals surface area (Å²) in [6, 6.07) is 11.5. The summed E-state index contributed by atoms with van der Waals surface area (Å²) < 4.78 is 15.0. The Hall–Kier alpha value is -2.57. The number of hydrogen-bond acceptors (Lipinski definition) is 4. The van der Waals surface area contributed by atoms with Crippen molar-refractivity contribution in [1.82, 2.24) is 19.8 Å². The average Bonchev–Trinajstić information content (AvgIpc) is 2.62. The first kappa shape index (κ1) is 19.2. The van der Waals surface area contributed by atoms with Gasteiger partial charge < -0.3 is 10.2 Å². The van der Waals surface area contributed by atoms with Crippen molar-refractivity contribution in [3.63, 3.8) is 0 Å². The van der Waals surface area contributed by atoms with Crippen LogP contribution in [-0.4, -0.2) is 41.6 Å². The first-order valence-corrected chi connectivity index (χ1v) is 9.04. The van der Waals surface area contributed by atoms with Crippen LogP contribution in [0.2, 0.25) is 0 Å². The average molecular weight is 368 g/mol.